The van der Waals surface area contributed by atoms with Crippen LogP contribution in [-0.2, 0) is 6.54 Å². The molecule has 1 unspecified atom stereocenters. The van der Waals surface area contributed by atoms with Gasteiger partial charge in [-0.2, -0.15) is 5.10 Å². The Kier molecular flexibility index (Phi) is 3.15. The zero-order valence-corrected chi connectivity index (χ0v) is 10.4. The van der Waals surface area contributed by atoms with E-state index in [4.69, 9.17) is 0 Å². The predicted octanol–water partition coefficient (Wildman–Crippen LogP) is 1.03. The molecule has 2 aromatic rings. The van der Waals surface area contributed by atoms with Crippen LogP contribution in [0.25, 0.3) is 5.52 Å². The Labute approximate surface area is 105 Å². The van der Waals surface area contributed by atoms with Gasteiger partial charge >= 0.3 is 0 Å². The highest BCUT2D eigenvalue weighted by atomic mass is 16.1. The Morgan fingerprint density at radius 3 is 3.22 bits per heavy atom. The molecule has 1 aliphatic rings. The van der Waals surface area contributed by atoms with Crippen molar-refractivity contribution in [3.8, 4) is 0 Å². The third-order valence-electron chi connectivity index (χ3n) is 3.65. The number of aryl methyl sites for hydroxylation is 1. The highest BCUT2D eigenvalue weighted by Crippen LogP contribution is 2.11. The van der Waals surface area contributed by atoms with Crippen molar-refractivity contribution in [1.29, 1.82) is 0 Å². The molecule has 3 rings (SSSR count). The van der Waals surface area contributed by atoms with Crippen molar-refractivity contribution in [3.63, 3.8) is 0 Å². The Morgan fingerprint density at radius 2 is 2.39 bits per heavy atom. The molecule has 96 valence electrons. The summed E-state index contributed by atoms with van der Waals surface area (Å²) in [5.74, 6) is 0. The van der Waals surface area contributed by atoms with Crippen LogP contribution in [0.4, 0.5) is 0 Å². The Morgan fingerprint density at radius 1 is 1.44 bits per heavy atom. The van der Waals surface area contributed by atoms with Crippen molar-refractivity contribution >= 4 is 5.52 Å². The Balaban J connectivity index is 1.66. The first-order valence-electron chi connectivity index (χ1n) is 6.61. The van der Waals surface area contributed by atoms with Gasteiger partial charge in [0.25, 0.3) is 5.56 Å². The molecule has 0 radical (unpaired) electrons. The summed E-state index contributed by atoms with van der Waals surface area (Å²) in [6, 6.07) is 2.41. The molecule has 0 amide bonds. The monoisotopic (exact) mass is 246 g/mol. The van der Waals surface area contributed by atoms with E-state index in [9.17, 15) is 4.79 Å². The normalized spacial score (nSPS) is 19.7. The lowest BCUT2D eigenvalue weighted by atomic mass is 10.1. The molecule has 1 aliphatic heterocycles. The molecule has 1 N–H and O–H groups in total. The molecule has 0 aromatic carbocycles. The maximum atomic E-state index is 12.1. The van der Waals surface area contributed by atoms with Gasteiger partial charge in [0, 0.05) is 25.0 Å². The molecule has 5 nitrogen and oxygen atoms in total. The fraction of sp³-hybridized carbons (Fsp3) is 0.538. The second-order valence-electron chi connectivity index (χ2n) is 4.89. The van der Waals surface area contributed by atoms with Gasteiger partial charge < -0.3 is 9.88 Å². The minimum atomic E-state index is 0.0504. The van der Waals surface area contributed by atoms with Crippen LogP contribution in [0.15, 0.2) is 29.5 Å². The summed E-state index contributed by atoms with van der Waals surface area (Å²) in [6.07, 6.45) is 10.1. The largest absolute Gasteiger partial charge is 0.314 e. The van der Waals surface area contributed by atoms with E-state index in [1.54, 1.807) is 21.3 Å². The maximum absolute atomic E-state index is 12.1. The second-order valence-corrected chi connectivity index (χ2v) is 4.89. The fourth-order valence-electron chi connectivity index (χ4n) is 2.65. The standard InChI is InChI=1S/C13H18N4O/c18-13-12-5-7-15-17(12)10-9-16(13)8-2-4-11-3-1-6-14-11/h5,7,9-11,14H,1-4,6,8H2. The van der Waals surface area contributed by atoms with Crippen LogP contribution in [0.5, 0.6) is 0 Å². The minimum Gasteiger partial charge on any atom is -0.314 e. The minimum absolute atomic E-state index is 0.0504. The summed E-state index contributed by atoms with van der Waals surface area (Å²) in [4.78, 5) is 12.1. The first kappa shape index (κ1) is 11.5. The third kappa shape index (κ3) is 2.18. The van der Waals surface area contributed by atoms with Gasteiger partial charge in [-0.1, -0.05) is 0 Å². The van der Waals surface area contributed by atoms with Crippen LogP contribution in [-0.4, -0.2) is 26.8 Å². The SMILES string of the molecule is O=c1c2ccnn2ccn1CCCC1CCCN1. The van der Waals surface area contributed by atoms with Crippen molar-refractivity contribution in [2.24, 2.45) is 0 Å². The maximum Gasteiger partial charge on any atom is 0.276 e. The lowest BCUT2D eigenvalue weighted by Crippen LogP contribution is -2.24. The van der Waals surface area contributed by atoms with Gasteiger partial charge in [-0.3, -0.25) is 4.79 Å². The molecule has 0 spiro atoms. The molecular weight excluding hydrogens is 228 g/mol. The second kappa shape index (κ2) is 4.94. The molecule has 18 heavy (non-hydrogen) atoms. The van der Waals surface area contributed by atoms with Crippen molar-refractivity contribution in [2.75, 3.05) is 6.54 Å². The van der Waals surface area contributed by atoms with Crippen LogP contribution in [0.2, 0.25) is 0 Å². The molecule has 0 bridgehead atoms. The van der Waals surface area contributed by atoms with Crippen LogP contribution >= 0.6 is 0 Å². The first-order chi connectivity index (χ1) is 8.84. The van der Waals surface area contributed by atoms with Gasteiger partial charge in [0.2, 0.25) is 0 Å². The quantitative estimate of drug-likeness (QED) is 0.876. The van der Waals surface area contributed by atoms with Crippen molar-refractivity contribution in [1.82, 2.24) is 19.5 Å². The summed E-state index contributed by atoms with van der Waals surface area (Å²) in [5.41, 5.74) is 0.700. The van der Waals surface area contributed by atoms with E-state index in [2.05, 4.69) is 10.4 Å². The van der Waals surface area contributed by atoms with Crippen molar-refractivity contribution < 1.29 is 0 Å². The van der Waals surface area contributed by atoms with Gasteiger partial charge in [-0.05, 0) is 38.3 Å². The molecule has 5 heteroatoms. The topological polar surface area (TPSA) is 51.3 Å². The summed E-state index contributed by atoms with van der Waals surface area (Å²) in [7, 11) is 0. The van der Waals surface area contributed by atoms with E-state index in [1.165, 1.54) is 12.8 Å². The number of hydrogen-bond donors (Lipinski definition) is 1. The van der Waals surface area contributed by atoms with Crippen LogP contribution in [0.3, 0.4) is 0 Å². The van der Waals surface area contributed by atoms with Crippen LogP contribution < -0.4 is 10.9 Å². The van der Waals surface area contributed by atoms with E-state index in [-0.39, 0.29) is 5.56 Å². The van der Waals surface area contributed by atoms with Gasteiger partial charge in [0.1, 0.15) is 5.52 Å². The first-order valence-corrected chi connectivity index (χ1v) is 6.61. The summed E-state index contributed by atoms with van der Waals surface area (Å²) < 4.78 is 3.41. The number of fused-ring (bicyclic) bond motifs is 1. The molecule has 2 aromatic heterocycles. The predicted molar refractivity (Wildman–Crippen MR) is 69.7 cm³/mol. The molecule has 0 aliphatic carbocycles. The van der Waals surface area contributed by atoms with E-state index >= 15 is 0 Å². The van der Waals surface area contributed by atoms with E-state index < -0.39 is 0 Å². The zero-order valence-electron chi connectivity index (χ0n) is 10.4. The van der Waals surface area contributed by atoms with E-state index in [0.29, 0.717) is 11.6 Å². The van der Waals surface area contributed by atoms with E-state index in [0.717, 1.165) is 25.9 Å². The highest BCUT2D eigenvalue weighted by Gasteiger charge is 2.13. The van der Waals surface area contributed by atoms with Crippen LogP contribution in [0.1, 0.15) is 25.7 Å². The third-order valence-corrected chi connectivity index (χ3v) is 3.65. The number of nitrogens with zero attached hydrogens (tertiary/aromatic N) is 3. The zero-order chi connectivity index (χ0) is 12.4. The van der Waals surface area contributed by atoms with Crippen molar-refractivity contribution in [2.45, 2.75) is 38.3 Å². The summed E-state index contributed by atoms with van der Waals surface area (Å²) in [6.45, 7) is 1.94. The molecule has 1 saturated heterocycles. The Hall–Kier alpha value is -1.62. The molecule has 1 fully saturated rings. The molecule has 0 saturated carbocycles. The number of aromatic nitrogens is 3. The summed E-state index contributed by atoms with van der Waals surface area (Å²) >= 11 is 0. The Bertz CT molecular complexity index is 580. The average molecular weight is 246 g/mol. The van der Waals surface area contributed by atoms with Gasteiger partial charge in [-0.25, -0.2) is 4.52 Å². The number of rotatable bonds is 4. The fourth-order valence-corrected chi connectivity index (χ4v) is 2.65. The average Bonchev–Trinajstić information content (AvgIpc) is 3.02. The van der Waals surface area contributed by atoms with Gasteiger partial charge in [-0.15, -0.1) is 0 Å². The lowest BCUT2D eigenvalue weighted by Gasteiger charge is -2.10. The van der Waals surface area contributed by atoms with Gasteiger partial charge in [0.05, 0.1) is 6.20 Å². The highest BCUT2D eigenvalue weighted by molar-refractivity contribution is 5.42. The molecule has 3 heterocycles. The smallest absolute Gasteiger partial charge is 0.276 e. The van der Waals surface area contributed by atoms with Gasteiger partial charge in [0.15, 0.2) is 0 Å². The van der Waals surface area contributed by atoms with Crippen molar-refractivity contribution in [3.05, 3.63) is 35.0 Å². The summed E-state index contributed by atoms with van der Waals surface area (Å²) in [5, 5.41) is 7.54. The van der Waals surface area contributed by atoms with Crippen LogP contribution in [0, 0.1) is 0 Å². The number of hydrogen-bond acceptors (Lipinski definition) is 3. The molecular formula is C13H18N4O. The lowest BCUT2D eigenvalue weighted by molar-refractivity contribution is 0.497. The number of nitrogens with one attached hydrogen (secondary N) is 1. The van der Waals surface area contributed by atoms with E-state index in [1.807, 2.05) is 12.4 Å². The molecule has 1 atom stereocenters.